The van der Waals surface area contributed by atoms with Crippen molar-refractivity contribution in [3.8, 4) is 11.5 Å². The average Bonchev–Trinajstić information content (AvgIpc) is 3.03. The molecule has 6 nitrogen and oxygen atoms in total. The monoisotopic (exact) mass is 306 g/mol. The number of fused-ring (bicyclic) bond motifs is 1. The lowest BCUT2D eigenvalue weighted by molar-refractivity contribution is -0.122. The third-order valence-corrected chi connectivity index (χ3v) is 4.29. The molecule has 1 amide bonds. The summed E-state index contributed by atoms with van der Waals surface area (Å²) in [7, 11) is 0. The fourth-order valence-corrected chi connectivity index (χ4v) is 2.91. The van der Waals surface area contributed by atoms with E-state index in [9.17, 15) is 4.79 Å². The van der Waals surface area contributed by atoms with Gasteiger partial charge in [-0.25, -0.2) is 0 Å². The molecular weight excluding hydrogens is 284 g/mol. The van der Waals surface area contributed by atoms with E-state index in [0.717, 1.165) is 43.0 Å². The van der Waals surface area contributed by atoms with Crippen LogP contribution in [0.2, 0.25) is 0 Å². The highest BCUT2D eigenvalue weighted by molar-refractivity contribution is 5.78. The summed E-state index contributed by atoms with van der Waals surface area (Å²) in [4.78, 5) is 14.2. The van der Waals surface area contributed by atoms with Gasteiger partial charge in [0.25, 0.3) is 0 Å². The van der Waals surface area contributed by atoms with Gasteiger partial charge in [0.2, 0.25) is 12.7 Å². The van der Waals surface area contributed by atoms with Crippen LogP contribution >= 0.6 is 0 Å². The lowest BCUT2D eigenvalue weighted by Crippen LogP contribution is -2.41. The van der Waals surface area contributed by atoms with E-state index in [2.05, 4.69) is 10.2 Å². The zero-order chi connectivity index (χ0) is 15.4. The number of nitrogens with one attached hydrogen (secondary N) is 1. The molecule has 0 unspecified atom stereocenters. The normalized spacial score (nSPS) is 18.4. The van der Waals surface area contributed by atoms with Gasteiger partial charge in [-0.2, -0.15) is 0 Å². The number of piperidine rings is 1. The largest absolute Gasteiger partial charge is 0.454 e. The number of benzene rings is 1. The summed E-state index contributed by atoms with van der Waals surface area (Å²) < 4.78 is 10.8. The van der Waals surface area contributed by atoms with Crippen LogP contribution in [0.1, 0.15) is 18.4 Å². The van der Waals surface area contributed by atoms with E-state index in [4.69, 9.17) is 14.6 Å². The van der Waals surface area contributed by atoms with Crippen molar-refractivity contribution >= 4 is 5.91 Å². The molecule has 0 aromatic heterocycles. The van der Waals surface area contributed by atoms with Gasteiger partial charge >= 0.3 is 0 Å². The summed E-state index contributed by atoms with van der Waals surface area (Å²) in [6.07, 6.45) is 1.92. The Morgan fingerprint density at radius 1 is 1.32 bits per heavy atom. The van der Waals surface area contributed by atoms with Crippen molar-refractivity contribution in [3.05, 3.63) is 23.8 Å². The Labute approximate surface area is 130 Å². The van der Waals surface area contributed by atoms with Crippen molar-refractivity contribution in [2.75, 3.05) is 33.0 Å². The van der Waals surface area contributed by atoms with Crippen molar-refractivity contribution < 1.29 is 19.4 Å². The summed E-state index contributed by atoms with van der Waals surface area (Å²) in [5.41, 5.74) is 0.933. The maximum atomic E-state index is 12.1. The molecule has 1 fully saturated rings. The van der Waals surface area contributed by atoms with Crippen LogP contribution < -0.4 is 14.8 Å². The van der Waals surface area contributed by atoms with E-state index in [1.54, 1.807) is 0 Å². The molecule has 22 heavy (non-hydrogen) atoms. The second-order valence-electron chi connectivity index (χ2n) is 5.83. The second kappa shape index (κ2) is 6.98. The number of carbonyl (C=O) groups is 1. The summed E-state index contributed by atoms with van der Waals surface area (Å²) in [6.45, 7) is 3.08. The van der Waals surface area contributed by atoms with Crippen LogP contribution in [0.25, 0.3) is 0 Å². The zero-order valence-electron chi connectivity index (χ0n) is 12.6. The minimum absolute atomic E-state index is 0.0129. The van der Waals surface area contributed by atoms with Gasteiger partial charge in [0.05, 0.1) is 6.54 Å². The number of para-hydroxylation sites is 1. The molecule has 120 valence electrons. The van der Waals surface area contributed by atoms with Crippen LogP contribution in [0, 0.1) is 5.92 Å². The van der Waals surface area contributed by atoms with Gasteiger partial charge in [0, 0.05) is 18.7 Å². The van der Waals surface area contributed by atoms with Crippen molar-refractivity contribution in [1.29, 1.82) is 0 Å². The quantitative estimate of drug-likeness (QED) is 0.839. The van der Waals surface area contributed by atoms with E-state index in [1.165, 1.54) is 0 Å². The molecule has 0 spiro atoms. The Hall–Kier alpha value is -1.79. The van der Waals surface area contributed by atoms with Gasteiger partial charge in [-0.15, -0.1) is 0 Å². The van der Waals surface area contributed by atoms with Crippen LogP contribution in [0.3, 0.4) is 0 Å². The molecule has 2 aliphatic rings. The highest BCUT2D eigenvalue weighted by Crippen LogP contribution is 2.35. The molecule has 2 N–H and O–H groups in total. The predicted molar refractivity (Wildman–Crippen MR) is 80.7 cm³/mol. The van der Waals surface area contributed by atoms with Crippen LogP contribution in [-0.4, -0.2) is 48.9 Å². The molecule has 0 bridgehead atoms. The van der Waals surface area contributed by atoms with Gasteiger partial charge in [-0.05, 0) is 37.9 Å². The molecule has 1 aromatic rings. The number of hydrogen-bond acceptors (Lipinski definition) is 5. The molecule has 2 aliphatic heterocycles. The Kier molecular flexibility index (Phi) is 4.80. The molecule has 0 saturated carbocycles. The topological polar surface area (TPSA) is 71.0 Å². The number of hydrogen-bond donors (Lipinski definition) is 2. The number of nitrogens with zero attached hydrogens (tertiary/aromatic N) is 1. The summed E-state index contributed by atoms with van der Waals surface area (Å²) in [5.74, 6) is 1.87. The smallest absolute Gasteiger partial charge is 0.234 e. The first-order valence-corrected chi connectivity index (χ1v) is 7.73. The van der Waals surface area contributed by atoms with E-state index in [1.807, 2.05) is 18.2 Å². The number of aliphatic hydroxyl groups excluding tert-OH is 1. The lowest BCUT2D eigenvalue weighted by Gasteiger charge is -2.30. The minimum atomic E-state index is 0.0129. The van der Waals surface area contributed by atoms with Gasteiger partial charge in [0.15, 0.2) is 11.5 Å². The highest BCUT2D eigenvalue weighted by atomic mass is 16.7. The molecule has 6 heteroatoms. The number of carbonyl (C=O) groups excluding carboxylic acids is 1. The maximum Gasteiger partial charge on any atom is 0.234 e. The van der Waals surface area contributed by atoms with Crippen molar-refractivity contribution in [3.63, 3.8) is 0 Å². The van der Waals surface area contributed by atoms with Gasteiger partial charge < -0.3 is 19.9 Å². The summed E-state index contributed by atoms with van der Waals surface area (Å²) in [5, 5.41) is 12.1. The first-order chi connectivity index (χ1) is 10.8. The third kappa shape index (κ3) is 3.51. The lowest BCUT2D eigenvalue weighted by atomic mass is 9.98. The third-order valence-electron chi connectivity index (χ3n) is 4.29. The Morgan fingerprint density at radius 2 is 2.14 bits per heavy atom. The number of aliphatic hydroxyl groups is 1. The van der Waals surface area contributed by atoms with E-state index < -0.39 is 0 Å². The Balaban J connectivity index is 1.46. The molecular formula is C16H22N2O4. The Morgan fingerprint density at radius 3 is 2.91 bits per heavy atom. The average molecular weight is 306 g/mol. The van der Waals surface area contributed by atoms with Gasteiger partial charge in [0.1, 0.15) is 0 Å². The SMILES string of the molecule is O=C(CN1CCC(CO)CC1)NCc1cccc2c1OCO2. The number of amides is 1. The molecule has 1 aromatic carbocycles. The number of rotatable bonds is 5. The molecule has 0 radical (unpaired) electrons. The molecule has 1 saturated heterocycles. The summed E-state index contributed by atoms with van der Waals surface area (Å²) in [6, 6.07) is 5.69. The maximum absolute atomic E-state index is 12.1. The fraction of sp³-hybridized carbons (Fsp3) is 0.562. The first kappa shape index (κ1) is 15.1. The molecule has 2 heterocycles. The number of ether oxygens (including phenoxy) is 2. The second-order valence-corrected chi connectivity index (χ2v) is 5.83. The van der Waals surface area contributed by atoms with Crippen LogP contribution in [0.15, 0.2) is 18.2 Å². The summed E-state index contributed by atoms with van der Waals surface area (Å²) >= 11 is 0. The molecule has 0 aliphatic carbocycles. The van der Waals surface area contributed by atoms with Crippen LogP contribution in [0.4, 0.5) is 0 Å². The van der Waals surface area contributed by atoms with Crippen molar-refractivity contribution in [2.24, 2.45) is 5.92 Å². The highest BCUT2D eigenvalue weighted by Gasteiger charge is 2.21. The van der Waals surface area contributed by atoms with E-state index in [-0.39, 0.29) is 19.3 Å². The van der Waals surface area contributed by atoms with Crippen LogP contribution in [-0.2, 0) is 11.3 Å². The number of likely N-dealkylation sites (tertiary alicyclic amines) is 1. The van der Waals surface area contributed by atoms with Crippen molar-refractivity contribution in [1.82, 2.24) is 10.2 Å². The van der Waals surface area contributed by atoms with Gasteiger partial charge in [-0.3, -0.25) is 9.69 Å². The zero-order valence-corrected chi connectivity index (χ0v) is 12.6. The molecule has 3 rings (SSSR count). The van der Waals surface area contributed by atoms with E-state index >= 15 is 0 Å². The first-order valence-electron chi connectivity index (χ1n) is 7.73. The van der Waals surface area contributed by atoms with E-state index in [0.29, 0.717) is 19.0 Å². The fourth-order valence-electron chi connectivity index (χ4n) is 2.91. The molecule has 0 atom stereocenters. The standard InChI is InChI=1S/C16H22N2O4/c19-10-12-4-6-18(7-5-12)9-15(20)17-8-13-2-1-3-14-16(13)22-11-21-14/h1-3,12,19H,4-11H2,(H,17,20). The van der Waals surface area contributed by atoms with Gasteiger partial charge in [-0.1, -0.05) is 12.1 Å². The Bertz CT molecular complexity index is 527. The van der Waals surface area contributed by atoms with Crippen molar-refractivity contribution in [2.45, 2.75) is 19.4 Å². The minimum Gasteiger partial charge on any atom is -0.454 e. The van der Waals surface area contributed by atoms with Crippen LogP contribution in [0.5, 0.6) is 11.5 Å². The predicted octanol–water partition coefficient (Wildman–Crippen LogP) is 0.736.